The van der Waals surface area contributed by atoms with E-state index >= 15 is 0 Å². The predicted molar refractivity (Wildman–Crippen MR) is 61.9 cm³/mol. The van der Waals surface area contributed by atoms with Gasteiger partial charge < -0.3 is 0 Å². The van der Waals surface area contributed by atoms with E-state index in [1.807, 2.05) is 0 Å². The van der Waals surface area contributed by atoms with Gasteiger partial charge in [-0.05, 0) is 17.8 Å². The SMILES string of the molecule is C1CCCC1.CC(C)C(C)C(C)C. The van der Waals surface area contributed by atoms with E-state index in [-0.39, 0.29) is 0 Å². The quantitative estimate of drug-likeness (QED) is 0.573. The van der Waals surface area contributed by atoms with Crippen molar-refractivity contribution in [3.8, 4) is 0 Å². The zero-order valence-corrected chi connectivity index (χ0v) is 10.3. The number of rotatable bonds is 2. The Kier molecular flexibility index (Phi) is 7.41. The topological polar surface area (TPSA) is 0 Å². The van der Waals surface area contributed by atoms with Crippen LogP contribution in [-0.2, 0) is 0 Å². The third kappa shape index (κ3) is 7.10. The highest BCUT2D eigenvalue weighted by Crippen LogP contribution is 2.18. The van der Waals surface area contributed by atoms with Crippen molar-refractivity contribution >= 4 is 0 Å². The first-order valence-electron chi connectivity index (χ1n) is 6.05. The molecule has 0 nitrogen and oxygen atoms in total. The first-order chi connectivity index (χ1) is 6.05. The zero-order valence-electron chi connectivity index (χ0n) is 10.3. The lowest BCUT2D eigenvalue weighted by molar-refractivity contribution is 0.316. The van der Waals surface area contributed by atoms with Crippen LogP contribution < -0.4 is 0 Å². The van der Waals surface area contributed by atoms with E-state index in [1.165, 1.54) is 32.1 Å². The number of hydrogen-bond acceptors (Lipinski definition) is 0. The Morgan fingerprint density at radius 1 is 0.538 bits per heavy atom. The van der Waals surface area contributed by atoms with E-state index in [0.717, 1.165) is 17.8 Å². The van der Waals surface area contributed by atoms with Gasteiger partial charge in [0.05, 0.1) is 0 Å². The summed E-state index contributed by atoms with van der Waals surface area (Å²) in [4.78, 5) is 0. The van der Waals surface area contributed by atoms with Gasteiger partial charge >= 0.3 is 0 Å². The molecule has 0 heteroatoms. The largest absolute Gasteiger partial charge is 0.0625 e. The van der Waals surface area contributed by atoms with Crippen molar-refractivity contribution in [2.45, 2.75) is 66.7 Å². The average molecular weight is 184 g/mol. The van der Waals surface area contributed by atoms with Crippen LogP contribution in [0, 0.1) is 17.8 Å². The van der Waals surface area contributed by atoms with Crippen LogP contribution in [0.5, 0.6) is 0 Å². The van der Waals surface area contributed by atoms with Gasteiger partial charge in [-0.2, -0.15) is 0 Å². The van der Waals surface area contributed by atoms with Gasteiger partial charge in [0.1, 0.15) is 0 Å². The summed E-state index contributed by atoms with van der Waals surface area (Å²) in [6, 6.07) is 0. The first kappa shape index (κ1) is 13.0. The fourth-order valence-electron chi connectivity index (χ4n) is 1.65. The highest BCUT2D eigenvalue weighted by molar-refractivity contribution is 4.59. The third-order valence-electron chi connectivity index (χ3n) is 3.35. The van der Waals surface area contributed by atoms with Gasteiger partial charge in [0.25, 0.3) is 0 Å². The van der Waals surface area contributed by atoms with Gasteiger partial charge in [-0.1, -0.05) is 66.7 Å². The summed E-state index contributed by atoms with van der Waals surface area (Å²) in [5.41, 5.74) is 0. The fraction of sp³-hybridized carbons (Fsp3) is 1.00. The van der Waals surface area contributed by atoms with E-state index in [2.05, 4.69) is 34.6 Å². The third-order valence-corrected chi connectivity index (χ3v) is 3.35. The molecule has 1 saturated carbocycles. The standard InChI is InChI=1S/C8H18.C5H10/c1-6(2)8(5)7(3)4;1-2-4-5-3-1/h6-8H,1-5H3;1-5H2. The monoisotopic (exact) mass is 184 g/mol. The summed E-state index contributed by atoms with van der Waals surface area (Å²) >= 11 is 0. The van der Waals surface area contributed by atoms with Crippen LogP contribution in [0.15, 0.2) is 0 Å². The fourth-order valence-corrected chi connectivity index (χ4v) is 1.65. The van der Waals surface area contributed by atoms with Crippen molar-refractivity contribution in [3.63, 3.8) is 0 Å². The Bertz CT molecular complexity index is 83.0. The van der Waals surface area contributed by atoms with Crippen LogP contribution in [0.1, 0.15) is 66.7 Å². The molecule has 1 aliphatic rings. The predicted octanol–water partition coefficient (Wildman–Crippen LogP) is 4.89. The van der Waals surface area contributed by atoms with Crippen LogP contribution >= 0.6 is 0 Å². The van der Waals surface area contributed by atoms with Gasteiger partial charge in [-0.3, -0.25) is 0 Å². The molecule has 0 unspecified atom stereocenters. The summed E-state index contributed by atoms with van der Waals surface area (Å²) in [5, 5.41) is 0. The molecule has 0 radical (unpaired) electrons. The van der Waals surface area contributed by atoms with Gasteiger partial charge in [0, 0.05) is 0 Å². The Hall–Kier alpha value is 0. The molecule has 0 saturated heterocycles. The normalized spacial score (nSPS) is 16.6. The molecular formula is C13H28. The molecule has 0 bridgehead atoms. The smallest absolute Gasteiger partial charge is 0.0396 e. The molecule has 0 spiro atoms. The molecule has 80 valence electrons. The molecule has 0 aliphatic heterocycles. The van der Waals surface area contributed by atoms with E-state index in [0.29, 0.717) is 0 Å². The van der Waals surface area contributed by atoms with Gasteiger partial charge in [-0.25, -0.2) is 0 Å². The van der Waals surface area contributed by atoms with E-state index < -0.39 is 0 Å². The second kappa shape index (κ2) is 7.41. The Morgan fingerprint density at radius 2 is 0.769 bits per heavy atom. The van der Waals surface area contributed by atoms with E-state index in [4.69, 9.17) is 0 Å². The summed E-state index contributed by atoms with van der Waals surface area (Å²) in [6.45, 7) is 11.4. The molecule has 0 aromatic heterocycles. The van der Waals surface area contributed by atoms with Crippen LogP contribution in [0.3, 0.4) is 0 Å². The number of hydrogen-bond donors (Lipinski definition) is 0. The average Bonchev–Trinajstić information content (AvgIpc) is 2.59. The molecule has 0 atom stereocenters. The Labute approximate surface area is 85.1 Å². The lowest BCUT2D eigenvalue weighted by atomic mass is 9.88. The van der Waals surface area contributed by atoms with Crippen LogP contribution in [0.4, 0.5) is 0 Å². The van der Waals surface area contributed by atoms with Gasteiger partial charge in [-0.15, -0.1) is 0 Å². The van der Waals surface area contributed by atoms with E-state index in [9.17, 15) is 0 Å². The van der Waals surface area contributed by atoms with Crippen molar-refractivity contribution in [2.24, 2.45) is 17.8 Å². The second-order valence-corrected chi connectivity index (χ2v) is 5.11. The summed E-state index contributed by atoms with van der Waals surface area (Å²) in [7, 11) is 0. The molecule has 1 rings (SSSR count). The molecule has 0 aromatic rings. The first-order valence-corrected chi connectivity index (χ1v) is 6.05. The van der Waals surface area contributed by atoms with Crippen LogP contribution in [0.25, 0.3) is 0 Å². The van der Waals surface area contributed by atoms with Crippen LogP contribution in [-0.4, -0.2) is 0 Å². The maximum atomic E-state index is 2.31. The molecule has 0 N–H and O–H groups in total. The molecule has 1 aliphatic carbocycles. The van der Waals surface area contributed by atoms with Crippen molar-refractivity contribution in [2.75, 3.05) is 0 Å². The summed E-state index contributed by atoms with van der Waals surface area (Å²) in [6.07, 6.45) is 7.50. The molecular weight excluding hydrogens is 156 g/mol. The van der Waals surface area contributed by atoms with Gasteiger partial charge in [0.2, 0.25) is 0 Å². The van der Waals surface area contributed by atoms with Crippen molar-refractivity contribution in [1.29, 1.82) is 0 Å². The second-order valence-electron chi connectivity index (χ2n) is 5.11. The van der Waals surface area contributed by atoms with Crippen molar-refractivity contribution in [3.05, 3.63) is 0 Å². The van der Waals surface area contributed by atoms with Gasteiger partial charge in [0.15, 0.2) is 0 Å². The lowest BCUT2D eigenvalue weighted by Gasteiger charge is -2.18. The maximum absolute atomic E-state index is 2.31. The Morgan fingerprint density at radius 3 is 0.846 bits per heavy atom. The van der Waals surface area contributed by atoms with E-state index in [1.54, 1.807) is 0 Å². The summed E-state index contributed by atoms with van der Waals surface area (Å²) in [5.74, 6) is 2.56. The zero-order chi connectivity index (χ0) is 10.3. The minimum absolute atomic E-state index is 0.843. The molecule has 0 aromatic carbocycles. The molecule has 1 fully saturated rings. The molecule has 0 heterocycles. The molecule has 13 heavy (non-hydrogen) atoms. The lowest BCUT2D eigenvalue weighted by Crippen LogP contribution is -2.10. The minimum Gasteiger partial charge on any atom is -0.0625 e. The maximum Gasteiger partial charge on any atom is -0.0396 e. The van der Waals surface area contributed by atoms with Crippen molar-refractivity contribution < 1.29 is 0 Å². The molecule has 0 amide bonds. The Balaban J connectivity index is 0.000000243. The van der Waals surface area contributed by atoms with Crippen molar-refractivity contribution in [1.82, 2.24) is 0 Å². The summed E-state index contributed by atoms with van der Waals surface area (Å²) < 4.78 is 0. The minimum atomic E-state index is 0.843. The van der Waals surface area contributed by atoms with Crippen LogP contribution in [0.2, 0.25) is 0 Å². The highest BCUT2D eigenvalue weighted by Gasteiger charge is 2.09. The highest BCUT2D eigenvalue weighted by atomic mass is 14.2.